The summed E-state index contributed by atoms with van der Waals surface area (Å²) in [6.07, 6.45) is 0. The third-order valence-electron chi connectivity index (χ3n) is 0.283. The summed E-state index contributed by atoms with van der Waals surface area (Å²) in [5.41, 5.74) is 11.8. The third-order valence-corrected chi connectivity index (χ3v) is 1.47. The summed E-state index contributed by atoms with van der Waals surface area (Å²) in [6.45, 7) is 0. The van der Waals surface area contributed by atoms with E-state index >= 15 is 0 Å². The van der Waals surface area contributed by atoms with Gasteiger partial charge in [0.2, 0.25) is 0 Å². The van der Waals surface area contributed by atoms with Gasteiger partial charge in [0.25, 0.3) is 0 Å². The molecule has 0 radical (unpaired) electrons. The fourth-order valence-electron chi connectivity index (χ4n) is 0.103. The third kappa shape index (κ3) is 16.9. The quantitative estimate of drug-likeness (QED) is 0.150. The normalized spacial score (nSPS) is 5.50. The molecule has 0 rings (SSSR count). The molecule has 0 aliphatic rings. The van der Waals surface area contributed by atoms with Crippen LogP contribution < -0.4 is 11.7 Å². The Morgan fingerprint density at radius 2 is 1.88 bits per heavy atom. The summed E-state index contributed by atoms with van der Waals surface area (Å²) in [4.78, 5) is 2.64. The van der Waals surface area contributed by atoms with Gasteiger partial charge in [-0.1, -0.05) is 0 Å². The maximum atomic E-state index is 7.74. The predicted molar refractivity (Wildman–Crippen MR) is 35.0 cm³/mol. The predicted octanol–water partition coefficient (Wildman–Crippen LogP) is 0.367. The molecule has 0 unspecified atom stereocenters. The first-order valence-electron chi connectivity index (χ1n) is 2.15. The second-order valence-electron chi connectivity index (χ2n) is 1.30. The first-order chi connectivity index (χ1) is 3.77. The van der Waals surface area contributed by atoms with E-state index in [1.165, 1.54) is 0 Å². The van der Waals surface area contributed by atoms with Crippen LogP contribution in [-0.2, 0) is 0 Å². The van der Waals surface area contributed by atoms with Crippen LogP contribution in [-0.4, -0.2) is 16.5 Å². The molecule has 0 spiro atoms. The van der Waals surface area contributed by atoms with Gasteiger partial charge >= 0.3 is 41.7 Å². The van der Waals surface area contributed by atoms with Crippen LogP contribution in [0.15, 0.2) is 3.82 Å². The molecule has 8 heavy (non-hydrogen) atoms. The molecule has 0 amide bonds. The number of nitrogens with zero attached hydrogens (tertiary/aromatic N) is 3. The summed E-state index contributed by atoms with van der Waals surface area (Å²) in [5.74, 6) is 8.00. The minimum atomic E-state index is -1.34. The number of azide groups is 1. The number of hydrogen-bond acceptors (Lipinski definition) is 3. The molecule has 0 aromatic carbocycles. The second-order valence-corrected chi connectivity index (χ2v) is 6.37. The summed E-state index contributed by atoms with van der Waals surface area (Å²) >= 11 is -1.34. The molecule has 5 nitrogen and oxygen atoms in total. The average Bonchev–Trinajstić information content (AvgIpc) is 1.72. The molecule has 0 aromatic heterocycles. The van der Waals surface area contributed by atoms with E-state index < -0.39 is 16.5 Å². The van der Waals surface area contributed by atoms with Crippen molar-refractivity contribution in [3.8, 4) is 0 Å². The summed E-state index contributed by atoms with van der Waals surface area (Å²) in [5, 5.41) is 0. The zero-order chi connectivity index (χ0) is 6.99. The van der Waals surface area contributed by atoms with Gasteiger partial charge in [0.05, 0.1) is 0 Å². The van der Waals surface area contributed by atoms with Crippen LogP contribution in [0.5, 0.6) is 0 Å². The molecule has 4 N–H and O–H groups in total. The molecule has 0 aliphatic carbocycles. The van der Waals surface area contributed by atoms with E-state index in [4.69, 9.17) is 5.53 Å². The molecule has 0 atom stereocenters. The van der Waals surface area contributed by atoms with E-state index in [-0.39, 0.29) is 0 Å². The number of rotatable bonds is 1. The van der Waals surface area contributed by atoms with Gasteiger partial charge in [-0.05, 0) is 0 Å². The van der Waals surface area contributed by atoms with Crippen molar-refractivity contribution in [2.45, 2.75) is 11.0 Å². The molecule has 0 saturated carbocycles. The molecule has 0 heterocycles. The summed E-state index contributed by atoms with van der Waals surface area (Å²) in [6, 6.07) is 0. The summed E-state index contributed by atoms with van der Waals surface area (Å²) < 4.78 is 3.49. The van der Waals surface area contributed by atoms with E-state index in [1.54, 1.807) is 0 Å². The molecular weight excluding hydrogens is 164 g/mol. The molecule has 0 aliphatic heterocycles. The fraction of sp³-hybridized carbons (Fsp3) is 1.00. The Morgan fingerprint density at radius 1 is 1.50 bits per heavy atom. The number of hydrazine groups is 1. The SMILES string of the molecule is NN.[CH3][Ga]([CH3])[N]=[N+]=[N-]. The van der Waals surface area contributed by atoms with Crippen molar-refractivity contribution in [2.75, 3.05) is 0 Å². The molecule has 46 valence electrons. The van der Waals surface area contributed by atoms with Crippen molar-refractivity contribution >= 4 is 16.5 Å². The molecule has 6 heteroatoms. The van der Waals surface area contributed by atoms with Crippen LogP contribution in [0, 0.1) is 0 Å². The van der Waals surface area contributed by atoms with Crippen molar-refractivity contribution < 1.29 is 0 Å². The van der Waals surface area contributed by atoms with Gasteiger partial charge in [-0.25, -0.2) is 0 Å². The van der Waals surface area contributed by atoms with Crippen LogP contribution in [0.1, 0.15) is 0 Å². The van der Waals surface area contributed by atoms with Crippen molar-refractivity contribution in [3.05, 3.63) is 10.4 Å². The maximum absolute atomic E-state index is 7.74. The molecule has 0 saturated heterocycles. The van der Waals surface area contributed by atoms with Crippen LogP contribution >= 0.6 is 0 Å². The average molecular weight is 174 g/mol. The van der Waals surface area contributed by atoms with Gasteiger partial charge in [0.1, 0.15) is 0 Å². The Morgan fingerprint density at radius 3 is 1.88 bits per heavy atom. The van der Waals surface area contributed by atoms with Crippen molar-refractivity contribution in [1.29, 1.82) is 0 Å². The minimum absolute atomic E-state index is 1.34. The van der Waals surface area contributed by atoms with Gasteiger partial charge in [-0.2, -0.15) is 0 Å². The summed E-state index contributed by atoms with van der Waals surface area (Å²) in [7, 11) is 0. The van der Waals surface area contributed by atoms with E-state index in [0.29, 0.717) is 0 Å². The first-order valence-corrected chi connectivity index (χ1v) is 8.07. The van der Waals surface area contributed by atoms with Crippen molar-refractivity contribution in [3.63, 3.8) is 0 Å². The Hall–Kier alpha value is -0.134. The Kier molecular flexibility index (Phi) is 13.4. The van der Waals surface area contributed by atoms with Gasteiger partial charge in [0.15, 0.2) is 0 Å². The van der Waals surface area contributed by atoms with Gasteiger partial charge < -0.3 is 0 Å². The van der Waals surface area contributed by atoms with Crippen molar-refractivity contribution in [2.24, 2.45) is 15.5 Å². The fourth-order valence-corrected chi connectivity index (χ4v) is 0.537. The zero-order valence-electron chi connectivity index (χ0n) is 5.07. The molecule has 0 fully saturated rings. The first kappa shape index (κ1) is 10.8. The topological polar surface area (TPSA) is 101 Å². The van der Waals surface area contributed by atoms with Crippen LogP contribution in [0.3, 0.4) is 0 Å². The standard InChI is InChI=1S/2CH3.Ga.N3.H4N2/c;;;1-3-2;1-2/h2*1H3;;;1-2H2/q;;+1;-1;. The van der Waals surface area contributed by atoms with Crippen LogP contribution in [0.2, 0.25) is 11.0 Å². The monoisotopic (exact) mass is 173 g/mol. The second kappa shape index (κ2) is 9.98. The van der Waals surface area contributed by atoms with E-state index in [2.05, 4.69) is 20.4 Å². The Labute approximate surface area is 53.9 Å². The van der Waals surface area contributed by atoms with Crippen molar-refractivity contribution in [1.82, 2.24) is 0 Å². The van der Waals surface area contributed by atoms with Gasteiger partial charge in [-0.3, -0.25) is 11.7 Å². The van der Waals surface area contributed by atoms with Gasteiger partial charge in [0, 0.05) is 0 Å². The van der Waals surface area contributed by atoms with E-state index in [0.717, 1.165) is 0 Å². The van der Waals surface area contributed by atoms with Crippen LogP contribution in [0.25, 0.3) is 10.4 Å². The molecule has 0 bridgehead atoms. The van der Waals surface area contributed by atoms with E-state index in [1.807, 2.05) is 11.0 Å². The number of nitrogens with two attached hydrogens (primary N) is 2. The van der Waals surface area contributed by atoms with E-state index in [9.17, 15) is 0 Å². The number of hydrogen-bond donors (Lipinski definition) is 2. The molecule has 0 aromatic rings. The Bertz CT molecular complexity index is 74.5. The van der Waals surface area contributed by atoms with Gasteiger partial charge in [-0.15, -0.1) is 0 Å². The Balaban J connectivity index is 0. The molecular formula is C2H10GaN5. The zero-order valence-corrected chi connectivity index (χ0v) is 7.50. The van der Waals surface area contributed by atoms with Crippen LogP contribution in [0.4, 0.5) is 0 Å².